The fraction of sp³-hybridized carbons (Fsp3) is 0.500. The monoisotopic (exact) mass is 332 g/mol. The Morgan fingerprint density at radius 2 is 2.00 bits per heavy atom. The highest BCUT2D eigenvalue weighted by molar-refractivity contribution is 7.91. The number of hydrogen-bond acceptors (Lipinski definition) is 4. The minimum Gasteiger partial charge on any atom is -0.351 e. The van der Waals surface area contributed by atoms with Gasteiger partial charge in [0.15, 0.2) is 9.84 Å². The van der Waals surface area contributed by atoms with Crippen LogP contribution in [0, 0.1) is 0 Å². The summed E-state index contributed by atoms with van der Waals surface area (Å²) in [6.45, 7) is 0. The smallest absolute Gasteiger partial charge is 0.237 e. The number of carbonyl (C=O) groups excluding carboxylic acids is 1. The molecule has 1 heterocycles. The van der Waals surface area contributed by atoms with Gasteiger partial charge in [-0.1, -0.05) is 30.3 Å². The van der Waals surface area contributed by atoms with Crippen LogP contribution in [0.1, 0.15) is 18.4 Å². The Morgan fingerprint density at radius 1 is 1.33 bits per heavy atom. The van der Waals surface area contributed by atoms with Crippen LogP contribution >= 0.6 is 12.4 Å². The molecular weight excluding hydrogens is 312 g/mol. The van der Waals surface area contributed by atoms with Gasteiger partial charge in [0.25, 0.3) is 0 Å². The van der Waals surface area contributed by atoms with Crippen molar-refractivity contribution < 1.29 is 13.2 Å². The van der Waals surface area contributed by atoms with Crippen molar-refractivity contribution in [3.8, 4) is 0 Å². The second kappa shape index (κ2) is 7.77. The van der Waals surface area contributed by atoms with Gasteiger partial charge in [-0.05, 0) is 24.8 Å². The first kappa shape index (κ1) is 17.9. The molecule has 21 heavy (non-hydrogen) atoms. The number of nitrogens with one attached hydrogen (secondary N) is 1. The lowest BCUT2D eigenvalue weighted by molar-refractivity contribution is -0.122. The Kier molecular flexibility index (Phi) is 6.64. The van der Waals surface area contributed by atoms with E-state index in [4.69, 9.17) is 5.73 Å². The average molecular weight is 333 g/mol. The van der Waals surface area contributed by atoms with Crippen molar-refractivity contribution in [2.45, 2.75) is 31.3 Å². The zero-order valence-electron chi connectivity index (χ0n) is 11.7. The fourth-order valence-corrected chi connectivity index (χ4v) is 4.04. The molecule has 0 bridgehead atoms. The lowest BCUT2D eigenvalue weighted by atomic mass is 10.1. The van der Waals surface area contributed by atoms with E-state index in [9.17, 15) is 13.2 Å². The second-order valence-electron chi connectivity index (χ2n) is 5.26. The van der Waals surface area contributed by atoms with Gasteiger partial charge >= 0.3 is 0 Å². The van der Waals surface area contributed by atoms with Crippen LogP contribution < -0.4 is 11.1 Å². The maximum absolute atomic E-state index is 12.0. The molecule has 7 heteroatoms. The van der Waals surface area contributed by atoms with Crippen molar-refractivity contribution in [3.05, 3.63) is 35.9 Å². The highest BCUT2D eigenvalue weighted by atomic mass is 35.5. The number of benzene rings is 1. The Balaban J connectivity index is 0.00000220. The molecule has 118 valence electrons. The van der Waals surface area contributed by atoms with Crippen molar-refractivity contribution in [2.75, 3.05) is 11.5 Å². The Bertz CT molecular complexity index is 563. The van der Waals surface area contributed by atoms with Gasteiger partial charge < -0.3 is 11.1 Å². The molecule has 1 aliphatic heterocycles. The molecule has 1 aliphatic rings. The molecule has 3 N–H and O–H groups in total. The summed E-state index contributed by atoms with van der Waals surface area (Å²) in [7, 11) is -3.02. The maximum Gasteiger partial charge on any atom is 0.237 e. The first-order valence-electron chi connectivity index (χ1n) is 6.76. The predicted octanol–water partition coefficient (Wildman–Crippen LogP) is 0.672. The van der Waals surface area contributed by atoms with Crippen molar-refractivity contribution in [2.24, 2.45) is 5.73 Å². The Hall–Kier alpha value is -1.11. The summed E-state index contributed by atoms with van der Waals surface area (Å²) >= 11 is 0. The summed E-state index contributed by atoms with van der Waals surface area (Å²) in [6.07, 6.45) is 1.75. The standard InChI is InChI=1S/C14H20N2O3S.ClH/c15-13(9-11-5-2-1-3-6-11)14(17)16-12-7-4-8-20(18,19)10-12;/h1-3,5-6,12-13H,4,7-10,15H2,(H,16,17);1H/t12?,13-;/m0./s1. The van der Waals surface area contributed by atoms with Crippen LogP contribution in [-0.2, 0) is 21.1 Å². The van der Waals surface area contributed by atoms with Crippen molar-refractivity contribution in [1.82, 2.24) is 5.32 Å². The largest absolute Gasteiger partial charge is 0.351 e. The first-order chi connectivity index (χ1) is 9.46. The molecule has 1 aromatic carbocycles. The molecule has 1 saturated heterocycles. The third kappa shape index (κ3) is 5.65. The van der Waals surface area contributed by atoms with Crippen LogP contribution in [0.4, 0.5) is 0 Å². The molecule has 1 unspecified atom stereocenters. The Morgan fingerprint density at radius 3 is 2.62 bits per heavy atom. The van der Waals surface area contributed by atoms with Crippen molar-refractivity contribution >= 4 is 28.2 Å². The van der Waals surface area contributed by atoms with Gasteiger partial charge in [-0.2, -0.15) is 0 Å². The fourth-order valence-electron chi connectivity index (χ4n) is 2.41. The number of rotatable bonds is 4. The lowest BCUT2D eigenvalue weighted by Crippen LogP contribution is -2.50. The molecule has 0 aliphatic carbocycles. The van der Waals surface area contributed by atoms with E-state index in [1.54, 1.807) is 0 Å². The summed E-state index contributed by atoms with van der Waals surface area (Å²) in [5, 5.41) is 2.75. The topological polar surface area (TPSA) is 89.3 Å². The van der Waals surface area contributed by atoms with E-state index in [0.29, 0.717) is 19.3 Å². The predicted molar refractivity (Wildman–Crippen MR) is 85.2 cm³/mol. The zero-order valence-corrected chi connectivity index (χ0v) is 13.3. The average Bonchev–Trinajstić information content (AvgIpc) is 2.38. The third-order valence-corrected chi connectivity index (χ3v) is 5.27. The number of carbonyl (C=O) groups is 1. The minimum atomic E-state index is -3.02. The summed E-state index contributed by atoms with van der Waals surface area (Å²) < 4.78 is 23.0. The van der Waals surface area contributed by atoms with Gasteiger partial charge in [-0.25, -0.2) is 8.42 Å². The Labute approximate surface area is 131 Å². The van der Waals surface area contributed by atoms with Gasteiger partial charge in [0.2, 0.25) is 5.91 Å². The van der Waals surface area contributed by atoms with E-state index in [0.717, 1.165) is 5.56 Å². The van der Waals surface area contributed by atoms with Gasteiger partial charge in [0, 0.05) is 6.04 Å². The van der Waals surface area contributed by atoms with Crippen molar-refractivity contribution in [1.29, 1.82) is 0 Å². The molecule has 5 nitrogen and oxygen atoms in total. The molecule has 0 radical (unpaired) electrons. The summed E-state index contributed by atoms with van der Waals surface area (Å²) in [4.78, 5) is 12.0. The third-order valence-electron chi connectivity index (χ3n) is 3.44. The molecule has 2 rings (SSSR count). The molecule has 1 amide bonds. The minimum absolute atomic E-state index is 0. The quantitative estimate of drug-likeness (QED) is 0.848. The number of halogens is 1. The molecule has 2 atom stereocenters. The maximum atomic E-state index is 12.0. The van der Waals surface area contributed by atoms with Crippen molar-refractivity contribution in [3.63, 3.8) is 0 Å². The number of amides is 1. The number of nitrogens with two attached hydrogens (primary N) is 1. The number of sulfone groups is 1. The molecule has 0 saturated carbocycles. The normalized spacial score (nSPS) is 21.9. The number of hydrogen-bond donors (Lipinski definition) is 2. The van der Waals surface area contributed by atoms with E-state index >= 15 is 0 Å². The molecular formula is C14H21ClN2O3S. The van der Waals surface area contributed by atoms with Gasteiger partial charge in [-0.3, -0.25) is 4.79 Å². The highest BCUT2D eigenvalue weighted by Gasteiger charge is 2.27. The summed E-state index contributed by atoms with van der Waals surface area (Å²) in [5.41, 5.74) is 6.86. The van der Waals surface area contributed by atoms with Crippen LogP contribution in [0.5, 0.6) is 0 Å². The van der Waals surface area contributed by atoms with Crippen LogP contribution in [0.25, 0.3) is 0 Å². The van der Waals surface area contributed by atoms with Crippen LogP contribution in [-0.4, -0.2) is 37.9 Å². The van der Waals surface area contributed by atoms with Gasteiger partial charge in [-0.15, -0.1) is 12.4 Å². The second-order valence-corrected chi connectivity index (χ2v) is 7.49. The molecule has 1 aromatic rings. The van der Waals surface area contributed by atoms with E-state index < -0.39 is 15.9 Å². The SMILES string of the molecule is Cl.N[C@@H](Cc1ccccc1)C(=O)NC1CCCS(=O)(=O)C1. The van der Waals surface area contributed by atoms with Crippen LogP contribution in [0.2, 0.25) is 0 Å². The molecule has 1 fully saturated rings. The molecule has 0 aromatic heterocycles. The summed E-state index contributed by atoms with van der Waals surface area (Å²) in [5.74, 6) is -0.0392. The van der Waals surface area contributed by atoms with E-state index in [1.165, 1.54) is 0 Å². The van der Waals surface area contributed by atoms with E-state index in [2.05, 4.69) is 5.32 Å². The van der Waals surface area contributed by atoms with E-state index in [1.807, 2.05) is 30.3 Å². The lowest BCUT2D eigenvalue weighted by Gasteiger charge is -2.24. The van der Waals surface area contributed by atoms with Crippen LogP contribution in [0.15, 0.2) is 30.3 Å². The van der Waals surface area contributed by atoms with E-state index in [-0.39, 0.29) is 35.9 Å². The zero-order chi connectivity index (χ0) is 14.6. The van der Waals surface area contributed by atoms with Gasteiger partial charge in [0.05, 0.1) is 17.5 Å². The first-order valence-corrected chi connectivity index (χ1v) is 8.59. The molecule has 0 spiro atoms. The van der Waals surface area contributed by atoms with Gasteiger partial charge in [0.1, 0.15) is 0 Å². The summed E-state index contributed by atoms with van der Waals surface area (Å²) in [6, 6.07) is 8.57. The highest BCUT2D eigenvalue weighted by Crippen LogP contribution is 2.12. The van der Waals surface area contributed by atoms with Crippen LogP contribution in [0.3, 0.4) is 0 Å².